The molecular formula is C17H15F2N3O2S. The second kappa shape index (κ2) is 7.98. The summed E-state index contributed by atoms with van der Waals surface area (Å²) >= 11 is 1.37. The summed E-state index contributed by atoms with van der Waals surface area (Å²) in [6.07, 6.45) is 1.59. The van der Waals surface area contributed by atoms with Crippen LogP contribution in [-0.2, 0) is 5.75 Å². The molecule has 0 bridgehead atoms. The van der Waals surface area contributed by atoms with E-state index in [1.807, 2.05) is 24.3 Å². The zero-order valence-corrected chi connectivity index (χ0v) is 14.1. The number of hydrogen-bond acceptors (Lipinski definition) is 5. The van der Waals surface area contributed by atoms with Gasteiger partial charge >= 0.3 is 6.61 Å². The number of ether oxygens (including phenoxy) is 2. The molecule has 0 amide bonds. The van der Waals surface area contributed by atoms with Gasteiger partial charge in [0.25, 0.3) is 0 Å². The minimum Gasteiger partial charge on any atom is -0.495 e. The number of hydrogen-bond donors (Lipinski definition) is 0. The average Bonchev–Trinajstić information content (AvgIpc) is 3.09. The third kappa shape index (κ3) is 4.08. The highest BCUT2D eigenvalue weighted by Crippen LogP contribution is 2.31. The summed E-state index contributed by atoms with van der Waals surface area (Å²) in [6, 6.07) is 14.2. The Morgan fingerprint density at radius 2 is 1.80 bits per heavy atom. The van der Waals surface area contributed by atoms with Crippen molar-refractivity contribution in [3.63, 3.8) is 0 Å². The smallest absolute Gasteiger partial charge is 0.387 e. The van der Waals surface area contributed by atoms with Crippen LogP contribution in [0.3, 0.4) is 0 Å². The number of methoxy groups -OCH3 is 1. The lowest BCUT2D eigenvalue weighted by Gasteiger charge is -2.12. The molecule has 1 heterocycles. The molecule has 0 spiro atoms. The van der Waals surface area contributed by atoms with Gasteiger partial charge in [0.15, 0.2) is 5.16 Å². The third-order valence-corrected chi connectivity index (χ3v) is 4.40. The minimum absolute atomic E-state index is 0.161. The quantitative estimate of drug-likeness (QED) is 0.590. The highest BCUT2D eigenvalue weighted by atomic mass is 32.2. The summed E-state index contributed by atoms with van der Waals surface area (Å²) in [5, 5.41) is 8.67. The Morgan fingerprint density at radius 1 is 1.08 bits per heavy atom. The first-order valence-corrected chi connectivity index (χ1v) is 8.36. The van der Waals surface area contributed by atoms with Crippen LogP contribution < -0.4 is 9.47 Å². The van der Waals surface area contributed by atoms with Gasteiger partial charge in [-0.25, -0.2) is 0 Å². The van der Waals surface area contributed by atoms with E-state index in [0.29, 0.717) is 22.2 Å². The average molecular weight is 363 g/mol. The van der Waals surface area contributed by atoms with E-state index < -0.39 is 6.61 Å². The molecule has 0 saturated carbocycles. The van der Waals surface area contributed by atoms with Crippen LogP contribution in [0.2, 0.25) is 0 Å². The van der Waals surface area contributed by atoms with Crippen molar-refractivity contribution in [3.8, 4) is 17.2 Å². The van der Waals surface area contributed by atoms with E-state index in [4.69, 9.17) is 4.74 Å². The maximum atomic E-state index is 12.5. The molecule has 1 aromatic heterocycles. The Morgan fingerprint density at radius 3 is 2.56 bits per heavy atom. The number of benzene rings is 2. The molecule has 3 rings (SSSR count). The molecule has 0 atom stereocenters. The van der Waals surface area contributed by atoms with Gasteiger partial charge < -0.3 is 9.47 Å². The molecule has 25 heavy (non-hydrogen) atoms. The highest BCUT2D eigenvalue weighted by molar-refractivity contribution is 7.98. The lowest BCUT2D eigenvalue weighted by Crippen LogP contribution is -2.04. The van der Waals surface area contributed by atoms with Crippen LogP contribution in [0.15, 0.2) is 60.0 Å². The Labute approximate surface area is 147 Å². The Bertz CT molecular complexity index is 842. The van der Waals surface area contributed by atoms with Gasteiger partial charge in [-0.3, -0.25) is 4.57 Å². The topological polar surface area (TPSA) is 49.2 Å². The number of rotatable bonds is 7. The van der Waals surface area contributed by atoms with Gasteiger partial charge in [0.2, 0.25) is 0 Å². The van der Waals surface area contributed by atoms with Crippen LogP contribution in [-0.4, -0.2) is 28.5 Å². The van der Waals surface area contributed by atoms with E-state index >= 15 is 0 Å². The summed E-state index contributed by atoms with van der Waals surface area (Å²) < 4.78 is 36.7. The molecule has 0 unspecified atom stereocenters. The molecule has 3 aromatic rings. The van der Waals surface area contributed by atoms with Gasteiger partial charge in [-0.1, -0.05) is 42.1 Å². The van der Waals surface area contributed by atoms with E-state index in [1.54, 1.807) is 36.2 Å². The summed E-state index contributed by atoms with van der Waals surface area (Å²) in [7, 11) is 1.59. The Kier molecular flexibility index (Phi) is 5.49. The molecule has 0 aliphatic heterocycles. The van der Waals surface area contributed by atoms with Crippen molar-refractivity contribution in [2.75, 3.05) is 7.11 Å². The molecule has 2 aromatic carbocycles. The standard InChI is InChI=1S/C17H15F2N3O2S/c1-23-15-9-5-3-7-13(15)22-11-20-21-17(22)25-10-12-6-2-4-8-14(12)24-16(18)19/h2-9,11,16H,10H2,1H3. The molecule has 0 fully saturated rings. The van der Waals surface area contributed by atoms with Crippen LogP contribution in [0.5, 0.6) is 11.5 Å². The first-order chi connectivity index (χ1) is 12.2. The van der Waals surface area contributed by atoms with Gasteiger partial charge in [0, 0.05) is 11.3 Å². The van der Waals surface area contributed by atoms with Crippen LogP contribution in [0.1, 0.15) is 5.56 Å². The van der Waals surface area contributed by atoms with Gasteiger partial charge in [0.1, 0.15) is 17.8 Å². The monoisotopic (exact) mass is 363 g/mol. The normalized spacial score (nSPS) is 10.9. The van der Waals surface area contributed by atoms with Gasteiger partial charge in [-0.2, -0.15) is 8.78 Å². The fourth-order valence-electron chi connectivity index (χ4n) is 2.29. The molecule has 0 aliphatic rings. The van der Waals surface area contributed by atoms with Crippen molar-refractivity contribution in [2.24, 2.45) is 0 Å². The van der Waals surface area contributed by atoms with Crippen LogP contribution in [0.4, 0.5) is 8.78 Å². The van der Waals surface area contributed by atoms with Gasteiger partial charge in [-0.15, -0.1) is 10.2 Å². The summed E-state index contributed by atoms with van der Waals surface area (Å²) in [5.41, 5.74) is 1.46. The predicted octanol–water partition coefficient (Wildman–Crippen LogP) is 4.17. The van der Waals surface area contributed by atoms with Crippen molar-refractivity contribution in [2.45, 2.75) is 17.5 Å². The van der Waals surface area contributed by atoms with E-state index in [9.17, 15) is 8.78 Å². The second-order valence-electron chi connectivity index (χ2n) is 4.93. The maximum Gasteiger partial charge on any atom is 0.387 e. The minimum atomic E-state index is -2.86. The van der Waals surface area contributed by atoms with Crippen LogP contribution >= 0.6 is 11.8 Å². The third-order valence-electron chi connectivity index (χ3n) is 3.41. The first kappa shape index (κ1) is 17.2. The fourth-order valence-corrected chi connectivity index (χ4v) is 3.21. The highest BCUT2D eigenvalue weighted by Gasteiger charge is 2.14. The molecule has 0 N–H and O–H groups in total. The zero-order chi connectivity index (χ0) is 17.6. The molecule has 0 radical (unpaired) electrons. The number of alkyl halides is 2. The van der Waals surface area contributed by atoms with Gasteiger partial charge in [0.05, 0.1) is 12.8 Å². The molecule has 5 nitrogen and oxygen atoms in total. The summed E-state index contributed by atoms with van der Waals surface area (Å²) in [4.78, 5) is 0. The molecule has 130 valence electrons. The number of nitrogens with zero attached hydrogens (tertiary/aromatic N) is 3. The van der Waals surface area contributed by atoms with Gasteiger partial charge in [-0.05, 0) is 18.2 Å². The Balaban J connectivity index is 1.81. The number of halogens is 2. The predicted molar refractivity (Wildman–Crippen MR) is 90.5 cm³/mol. The van der Waals surface area contributed by atoms with E-state index in [1.165, 1.54) is 17.8 Å². The molecule has 0 aliphatic carbocycles. The number of para-hydroxylation sites is 3. The van der Waals surface area contributed by atoms with Crippen LogP contribution in [0, 0.1) is 0 Å². The zero-order valence-electron chi connectivity index (χ0n) is 13.3. The van der Waals surface area contributed by atoms with Crippen LogP contribution in [0.25, 0.3) is 5.69 Å². The Hall–Kier alpha value is -2.61. The van der Waals surface area contributed by atoms with E-state index in [0.717, 1.165) is 5.69 Å². The lowest BCUT2D eigenvalue weighted by atomic mass is 10.2. The maximum absolute atomic E-state index is 12.5. The molecule has 8 heteroatoms. The SMILES string of the molecule is COc1ccccc1-n1cnnc1SCc1ccccc1OC(F)F. The van der Waals surface area contributed by atoms with Crippen molar-refractivity contribution >= 4 is 11.8 Å². The largest absolute Gasteiger partial charge is 0.495 e. The van der Waals surface area contributed by atoms with Crippen molar-refractivity contribution in [1.82, 2.24) is 14.8 Å². The van der Waals surface area contributed by atoms with Crippen molar-refractivity contribution in [1.29, 1.82) is 0 Å². The second-order valence-corrected chi connectivity index (χ2v) is 5.87. The fraction of sp³-hybridized carbons (Fsp3) is 0.176. The number of thioether (sulfide) groups is 1. The first-order valence-electron chi connectivity index (χ1n) is 7.38. The molecular weight excluding hydrogens is 348 g/mol. The summed E-state index contributed by atoms with van der Waals surface area (Å²) in [6.45, 7) is -2.86. The lowest BCUT2D eigenvalue weighted by molar-refractivity contribution is -0.0503. The summed E-state index contributed by atoms with van der Waals surface area (Å²) in [5.74, 6) is 1.26. The molecule has 0 saturated heterocycles. The van der Waals surface area contributed by atoms with E-state index in [2.05, 4.69) is 14.9 Å². The number of aromatic nitrogens is 3. The van der Waals surface area contributed by atoms with Crippen molar-refractivity contribution in [3.05, 3.63) is 60.4 Å². The van der Waals surface area contributed by atoms with E-state index in [-0.39, 0.29) is 5.75 Å². The van der Waals surface area contributed by atoms with Crippen molar-refractivity contribution < 1.29 is 18.3 Å².